The lowest BCUT2D eigenvalue weighted by Gasteiger charge is -2.33. The van der Waals surface area contributed by atoms with Gasteiger partial charge in [-0.2, -0.15) is 0 Å². The summed E-state index contributed by atoms with van der Waals surface area (Å²) >= 11 is 3.49. The van der Waals surface area contributed by atoms with Crippen LogP contribution >= 0.6 is 15.9 Å². The second kappa shape index (κ2) is 4.55. The molecule has 96 valence electrons. The second-order valence-corrected chi connectivity index (χ2v) is 5.75. The fourth-order valence-corrected chi connectivity index (χ4v) is 3.25. The van der Waals surface area contributed by atoms with Crippen LogP contribution in [0, 0.1) is 0 Å². The van der Waals surface area contributed by atoms with Gasteiger partial charge < -0.3 is 4.98 Å². The largest absolute Gasteiger partial charge is 0.327 e. The molecule has 2 aromatic rings. The molecule has 0 saturated carbocycles. The smallest absolute Gasteiger partial charge is 0.304 e. The van der Waals surface area contributed by atoms with Crippen LogP contribution in [-0.4, -0.2) is 28.0 Å². The van der Waals surface area contributed by atoms with Gasteiger partial charge >= 0.3 is 5.69 Å². The maximum absolute atomic E-state index is 12.2. The number of halogens is 1. The first-order valence-corrected chi connectivity index (χ1v) is 7.07. The van der Waals surface area contributed by atoms with Crippen molar-refractivity contribution in [1.29, 1.82) is 0 Å². The normalized spacial score (nSPS) is 21.6. The van der Waals surface area contributed by atoms with E-state index in [2.05, 4.69) is 32.9 Å². The molecular formula is C13H16BrN3O. The maximum atomic E-state index is 12.2. The number of rotatable bonds is 1. The van der Waals surface area contributed by atoms with Crippen molar-refractivity contribution >= 4 is 27.0 Å². The summed E-state index contributed by atoms with van der Waals surface area (Å²) in [6.07, 6.45) is 3.61. The molecule has 0 bridgehead atoms. The zero-order valence-corrected chi connectivity index (χ0v) is 11.9. The number of imidazole rings is 1. The van der Waals surface area contributed by atoms with E-state index in [4.69, 9.17) is 0 Å². The van der Waals surface area contributed by atoms with E-state index in [1.165, 1.54) is 12.8 Å². The molecule has 1 N–H and O–H groups in total. The molecule has 1 aliphatic heterocycles. The Balaban J connectivity index is 2.19. The molecule has 0 amide bonds. The number of piperidine rings is 1. The minimum atomic E-state index is -0.0179. The number of H-pyrrole nitrogens is 1. The van der Waals surface area contributed by atoms with Gasteiger partial charge in [-0.1, -0.05) is 6.07 Å². The SMILES string of the molecule is CN1CCCCC1n1c(=O)[nH]c2c(Br)cccc21. The van der Waals surface area contributed by atoms with E-state index in [-0.39, 0.29) is 11.9 Å². The summed E-state index contributed by atoms with van der Waals surface area (Å²) in [5.41, 5.74) is 1.85. The first kappa shape index (κ1) is 12.0. The van der Waals surface area contributed by atoms with Gasteiger partial charge in [-0.15, -0.1) is 0 Å². The lowest BCUT2D eigenvalue weighted by Crippen LogP contribution is -2.37. The molecule has 1 aromatic carbocycles. The summed E-state index contributed by atoms with van der Waals surface area (Å²) < 4.78 is 2.83. The summed E-state index contributed by atoms with van der Waals surface area (Å²) in [6.45, 7) is 1.05. The predicted octanol–water partition coefficient (Wildman–Crippen LogP) is 2.71. The van der Waals surface area contributed by atoms with Gasteiger partial charge in [0.25, 0.3) is 0 Å². The van der Waals surface area contributed by atoms with Crippen LogP contribution in [-0.2, 0) is 0 Å². The van der Waals surface area contributed by atoms with E-state index < -0.39 is 0 Å². The predicted molar refractivity (Wildman–Crippen MR) is 75.8 cm³/mol. The summed E-state index contributed by atoms with van der Waals surface area (Å²) in [4.78, 5) is 17.4. The van der Waals surface area contributed by atoms with Gasteiger partial charge in [-0.3, -0.25) is 9.47 Å². The Kier molecular flexibility index (Phi) is 3.03. The monoisotopic (exact) mass is 309 g/mol. The highest BCUT2D eigenvalue weighted by Crippen LogP contribution is 2.28. The fourth-order valence-electron chi connectivity index (χ4n) is 2.79. The van der Waals surface area contributed by atoms with E-state index in [0.717, 1.165) is 28.5 Å². The van der Waals surface area contributed by atoms with Crippen molar-refractivity contribution in [1.82, 2.24) is 14.5 Å². The number of nitrogens with one attached hydrogen (secondary N) is 1. The molecule has 3 rings (SSSR count). The van der Waals surface area contributed by atoms with E-state index in [1.807, 2.05) is 22.8 Å². The van der Waals surface area contributed by atoms with Crippen LogP contribution in [0.3, 0.4) is 0 Å². The Morgan fingerprint density at radius 1 is 1.39 bits per heavy atom. The van der Waals surface area contributed by atoms with E-state index in [9.17, 15) is 4.79 Å². The minimum Gasteiger partial charge on any atom is -0.304 e. The summed E-state index contributed by atoms with van der Waals surface area (Å²) in [5, 5.41) is 0. The number of likely N-dealkylation sites (tertiary alicyclic amines) is 1. The average molecular weight is 310 g/mol. The Hall–Kier alpha value is -1.07. The van der Waals surface area contributed by atoms with Crippen molar-refractivity contribution in [2.45, 2.75) is 25.4 Å². The van der Waals surface area contributed by atoms with Crippen LogP contribution in [0.25, 0.3) is 11.0 Å². The number of nitrogens with zero attached hydrogens (tertiary/aromatic N) is 2. The first-order valence-electron chi connectivity index (χ1n) is 6.27. The van der Waals surface area contributed by atoms with E-state index in [0.29, 0.717) is 0 Å². The molecule has 1 atom stereocenters. The van der Waals surface area contributed by atoms with Crippen LogP contribution in [0.2, 0.25) is 0 Å². The number of aromatic nitrogens is 2. The van der Waals surface area contributed by atoms with E-state index in [1.54, 1.807) is 0 Å². The number of hydrogen-bond acceptors (Lipinski definition) is 2. The number of hydrogen-bond donors (Lipinski definition) is 1. The molecule has 1 aliphatic rings. The molecule has 2 heterocycles. The van der Waals surface area contributed by atoms with Gasteiger partial charge in [0.2, 0.25) is 0 Å². The zero-order chi connectivity index (χ0) is 12.7. The quantitative estimate of drug-likeness (QED) is 0.880. The molecular weight excluding hydrogens is 294 g/mol. The van der Waals surface area contributed by atoms with Crippen molar-refractivity contribution in [3.8, 4) is 0 Å². The van der Waals surface area contributed by atoms with E-state index >= 15 is 0 Å². The highest BCUT2D eigenvalue weighted by Gasteiger charge is 2.24. The van der Waals surface area contributed by atoms with Crippen LogP contribution < -0.4 is 5.69 Å². The first-order chi connectivity index (χ1) is 8.68. The molecule has 1 unspecified atom stereocenters. The molecule has 1 aromatic heterocycles. The highest BCUT2D eigenvalue weighted by atomic mass is 79.9. The maximum Gasteiger partial charge on any atom is 0.327 e. The average Bonchev–Trinajstić information content (AvgIpc) is 2.68. The third-order valence-corrected chi connectivity index (χ3v) is 4.39. The molecule has 0 spiro atoms. The van der Waals surface area contributed by atoms with Gasteiger partial charge in [0.1, 0.15) is 0 Å². The van der Waals surface area contributed by atoms with Gasteiger partial charge in [0, 0.05) is 4.47 Å². The second-order valence-electron chi connectivity index (χ2n) is 4.89. The highest BCUT2D eigenvalue weighted by molar-refractivity contribution is 9.10. The molecule has 1 fully saturated rings. The van der Waals surface area contributed by atoms with Crippen molar-refractivity contribution < 1.29 is 0 Å². The fraction of sp³-hybridized carbons (Fsp3) is 0.462. The summed E-state index contributed by atoms with van der Waals surface area (Å²) in [6, 6.07) is 5.92. The van der Waals surface area contributed by atoms with Crippen LogP contribution in [0.15, 0.2) is 27.5 Å². The van der Waals surface area contributed by atoms with Gasteiger partial charge in [-0.25, -0.2) is 4.79 Å². The Morgan fingerprint density at radius 2 is 2.22 bits per heavy atom. The van der Waals surface area contributed by atoms with Crippen molar-refractivity contribution in [3.05, 3.63) is 33.2 Å². The zero-order valence-electron chi connectivity index (χ0n) is 10.3. The van der Waals surface area contributed by atoms with Crippen LogP contribution in [0.5, 0.6) is 0 Å². The molecule has 0 radical (unpaired) electrons. The van der Waals surface area contributed by atoms with Gasteiger partial charge in [-0.05, 0) is 60.9 Å². The van der Waals surface area contributed by atoms with Gasteiger partial charge in [0.05, 0.1) is 17.2 Å². The number of fused-ring (bicyclic) bond motifs is 1. The molecule has 0 aliphatic carbocycles. The molecule has 18 heavy (non-hydrogen) atoms. The Labute approximate surface area is 114 Å². The molecule has 1 saturated heterocycles. The van der Waals surface area contributed by atoms with Crippen LogP contribution in [0.1, 0.15) is 25.4 Å². The number of para-hydroxylation sites is 1. The Morgan fingerprint density at radius 3 is 3.00 bits per heavy atom. The number of benzene rings is 1. The standard InChI is InChI=1S/C13H16BrN3O/c1-16-8-3-2-7-11(16)17-10-6-4-5-9(14)12(10)15-13(17)18/h4-6,11H,2-3,7-8H2,1H3,(H,15,18). The van der Waals surface area contributed by atoms with Crippen molar-refractivity contribution in [3.63, 3.8) is 0 Å². The number of aromatic amines is 1. The molecule has 5 heteroatoms. The Bertz CT molecular complexity index is 631. The third-order valence-electron chi connectivity index (χ3n) is 3.73. The third kappa shape index (κ3) is 1.82. The lowest BCUT2D eigenvalue weighted by atomic mass is 10.1. The van der Waals surface area contributed by atoms with Crippen molar-refractivity contribution in [2.75, 3.05) is 13.6 Å². The van der Waals surface area contributed by atoms with Gasteiger partial charge in [0.15, 0.2) is 0 Å². The summed E-state index contributed by atoms with van der Waals surface area (Å²) in [5.74, 6) is 0. The van der Waals surface area contributed by atoms with Crippen molar-refractivity contribution in [2.24, 2.45) is 0 Å². The topological polar surface area (TPSA) is 41.0 Å². The summed E-state index contributed by atoms with van der Waals surface area (Å²) in [7, 11) is 2.09. The van der Waals surface area contributed by atoms with Crippen LogP contribution in [0.4, 0.5) is 0 Å². The lowest BCUT2D eigenvalue weighted by molar-refractivity contribution is 0.128. The minimum absolute atomic E-state index is 0.0179. The molecule has 4 nitrogen and oxygen atoms in total.